The van der Waals surface area contributed by atoms with Crippen molar-refractivity contribution in [3.8, 4) is 24.0 Å². The zero-order chi connectivity index (χ0) is 20.3. The first-order valence-corrected chi connectivity index (χ1v) is 9.52. The normalized spacial score (nSPS) is 26.2. The number of nitriles is 3. The Balaban J connectivity index is 2.17. The third-order valence-electron chi connectivity index (χ3n) is 5.86. The zero-order valence-electron chi connectivity index (χ0n) is 16.1. The fourth-order valence-electron chi connectivity index (χ4n) is 4.44. The van der Waals surface area contributed by atoms with Crippen LogP contribution in [-0.2, 0) is 0 Å². The van der Waals surface area contributed by atoms with E-state index in [0.717, 1.165) is 30.0 Å². The summed E-state index contributed by atoms with van der Waals surface area (Å²) in [4.78, 5) is 2.23. The first-order valence-electron chi connectivity index (χ1n) is 9.52. The molecule has 1 saturated carbocycles. The van der Waals surface area contributed by atoms with Crippen molar-refractivity contribution in [3.05, 3.63) is 41.5 Å². The molecule has 1 aromatic rings. The van der Waals surface area contributed by atoms with Gasteiger partial charge in [0.2, 0.25) is 0 Å². The van der Waals surface area contributed by atoms with Crippen LogP contribution in [0.2, 0.25) is 0 Å². The molecule has 1 unspecified atom stereocenters. The summed E-state index contributed by atoms with van der Waals surface area (Å²) in [7, 11) is 0. The van der Waals surface area contributed by atoms with Crippen molar-refractivity contribution in [2.24, 2.45) is 17.3 Å². The van der Waals surface area contributed by atoms with E-state index in [4.69, 9.17) is 10.1 Å². The van der Waals surface area contributed by atoms with Gasteiger partial charge in [0.25, 0.3) is 0 Å². The average molecular weight is 373 g/mol. The number of benzene rings is 1. The molecule has 142 valence electrons. The van der Waals surface area contributed by atoms with E-state index < -0.39 is 17.3 Å². The van der Waals surface area contributed by atoms with Crippen LogP contribution in [0.1, 0.15) is 25.3 Å². The van der Waals surface area contributed by atoms with Crippen molar-refractivity contribution in [1.29, 1.82) is 21.2 Å². The van der Waals surface area contributed by atoms with Crippen LogP contribution < -0.4 is 4.74 Å². The summed E-state index contributed by atoms with van der Waals surface area (Å²) < 4.78 is 5.51. The summed E-state index contributed by atoms with van der Waals surface area (Å²) >= 11 is 0. The van der Waals surface area contributed by atoms with Gasteiger partial charge in [-0.1, -0.05) is 25.1 Å². The summed E-state index contributed by atoms with van der Waals surface area (Å²) in [5.74, 6) is -0.760. The smallest absolute Gasteiger partial charge is 0.189 e. The number of likely N-dealkylation sites (N-methyl/N-ethyl adjacent to an activating group) is 1. The lowest BCUT2D eigenvalue weighted by molar-refractivity contribution is 0.211. The highest BCUT2D eigenvalue weighted by atomic mass is 16.5. The van der Waals surface area contributed by atoms with Crippen LogP contribution in [0.25, 0.3) is 0 Å². The molecule has 3 rings (SSSR count). The number of hydrogen-bond donors (Lipinski definition) is 1. The number of fused-ring (bicyclic) bond motifs is 1. The van der Waals surface area contributed by atoms with Gasteiger partial charge in [-0.2, -0.15) is 15.8 Å². The van der Waals surface area contributed by atoms with Gasteiger partial charge in [-0.3, -0.25) is 4.90 Å². The van der Waals surface area contributed by atoms with Crippen molar-refractivity contribution in [2.75, 3.05) is 26.2 Å². The van der Waals surface area contributed by atoms with Gasteiger partial charge in [-0.15, -0.1) is 0 Å². The lowest BCUT2D eigenvalue weighted by Crippen LogP contribution is -2.52. The van der Waals surface area contributed by atoms with Crippen molar-refractivity contribution >= 4 is 5.71 Å². The molecule has 0 aromatic heterocycles. The molecule has 1 heterocycles. The fraction of sp³-hybridized carbons (Fsp3) is 0.455. The molecule has 0 bridgehead atoms. The van der Waals surface area contributed by atoms with E-state index in [1.165, 1.54) is 0 Å². The maximum atomic E-state index is 10.0. The highest BCUT2D eigenvalue weighted by Gasteiger charge is 2.57. The Kier molecular flexibility index (Phi) is 5.50. The first-order chi connectivity index (χ1) is 13.6. The minimum Gasteiger partial charge on any atom is -0.494 e. The molecule has 2 aliphatic rings. The van der Waals surface area contributed by atoms with E-state index in [1.54, 1.807) is 0 Å². The number of nitrogens with one attached hydrogen (secondary N) is 1. The van der Waals surface area contributed by atoms with Gasteiger partial charge in [0.1, 0.15) is 11.7 Å². The van der Waals surface area contributed by atoms with Crippen LogP contribution in [0.4, 0.5) is 0 Å². The maximum Gasteiger partial charge on any atom is 0.189 e. The van der Waals surface area contributed by atoms with Crippen molar-refractivity contribution < 1.29 is 4.74 Å². The first kappa shape index (κ1) is 19.6. The largest absolute Gasteiger partial charge is 0.494 e. The van der Waals surface area contributed by atoms with Crippen LogP contribution in [0.5, 0.6) is 5.75 Å². The van der Waals surface area contributed by atoms with Crippen molar-refractivity contribution in [3.63, 3.8) is 0 Å². The summed E-state index contributed by atoms with van der Waals surface area (Å²) in [6, 6.07) is 13.8. The monoisotopic (exact) mass is 373 g/mol. The average Bonchev–Trinajstić information content (AvgIpc) is 2.73. The van der Waals surface area contributed by atoms with E-state index >= 15 is 0 Å². The highest BCUT2D eigenvalue weighted by molar-refractivity contribution is 6.00. The standard InChI is InChI=1S/C22H23N5O/c1-3-27-10-9-17-18(11-23)21(26)22(13-24,14-25)20(19(17)12-27)15-5-7-16(8-6-15)28-4-2/h5-9,18-20,26H,3-4,10,12H2,1-2H3/t18?,19-,20-/m1/s1. The molecule has 1 N–H and O–H groups in total. The fourth-order valence-corrected chi connectivity index (χ4v) is 4.44. The SMILES string of the molecule is CCOc1ccc([C@@H]2[C@@H]3CN(CC)CC=C3C(C#N)C(=N)C2(C#N)C#N)cc1. The molecule has 0 spiro atoms. The number of ether oxygens (including phenoxy) is 1. The lowest BCUT2D eigenvalue weighted by Gasteiger charge is -2.47. The lowest BCUT2D eigenvalue weighted by atomic mass is 9.54. The second-order valence-electron chi connectivity index (χ2n) is 7.15. The predicted octanol–water partition coefficient (Wildman–Crippen LogP) is 3.25. The van der Waals surface area contributed by atoms with Crippen LogP contribution >= 0.6 is 0 Å². The van der Waals surface area contributed by atoms with E-state index in [0.29, 0.717) is 13.2 Å². The van der Waals surface area contributed by atoms with E-state index in [2.05, 4.69) is 30.0 Å². The van der Waals surface area contributed by atoms with Crippen LogP contribution in [0, 0.1) is 56.7 Å². The molecule has 1 aromatic carbocycles. The van der Waals surface area contributed by atoms with Gasteiger partial charge < -0.3 is 10.1 Å². The van der Waals surface area contributed by atoms with Gasteiger partial charge >= 0.3 is 0 Å². The molecular formula is C22H23N5O. The molecule has 0 amide bonds. The van der Waals surface area contributed by atoms with Gasteiger partial charge in [0, 0.05) is 24.9 Å². The molecule has 0 saturated heterocycles. The second kappa shape index (κ2) is 7.85. The summed E-state index contributed by atoms with van der Waals surface area (Å²) in [5, 5.41) is 38.4. The zero-order valence-corrected chi connectivity index (χ0v) is 16.1. The molecule has 1 aliphatic carbocycles. The number of nitrogens with zero attached hydrogens (tertiary/aromatic N) is 4. The Bertz CT molecular complexity index is 898. The Labute approximate surface area is 165 Å². The third-order valence-corrected chi connectivity index (χ3v) is 5.86. The van der Waals surface area contributed by atoms with E-state index in [9.17, 15) is 15.8 Å². The maximum absolute atomic E-state index is 10.0. The molecule has 3 atom stereocenters. The van der Waals surface area contributed by atoms with Gasteiger partial charge in [-0.05, 0) is 36.7 Å². The molecule has 1 fully saturated rings. The molecule has 1 aliphatic heterocycles. The minimum absolute atomic E-state index is 0.105. The molecule has 6 heteroatoms. The Morgan fingerprint density at radius 1 is 1.18 bits per heavy atom. The molecule has 0 radical (unpaired) electrons. The van der Waals surface area contributed by atoms with E-state index in [1.807, 2.05) is 37.3 Å². The van der Waals surface area contributed by atoms with Gasteiger partial charge in [0.05, 0.1) is 30.5 Å². The Morgan fingerprint density at radius 3 is 2.39 bits per heavy atom. The predicted molar refractivity (Wildman–Crippen MR) is 105 cm³/mol. The van der Waals surface area contributed by atoms with Gasteiger partial charge in [0.15, 0.2) is 5.41 Å². The third kappa shape index (κ3) is 2.95. The minimum atomic E-state index is -1.66. The van der Waals surface area contributed by atoms with Crippen LogP contribution in [0.15, 0.2) is 35.9 Å². The topological polar surface area (TPSA) is 108 Å². The van der Waals surface area contributed by atoms with Gasteiger partial charge in [-0.25, -0.2) is 0 Å². The van der Waals surface area contributed by atoms with Crippen molar-refractivity contribution in [2.45, 2.75) is 19.8 Å². The van der Waals surface area contributed by atoms with Crippen LogP contribution in [-0.4, -0.2) is 36.9 Å². The van der Waals surface area contributed by atoms with Crippen LogP contribution in [0.3, 0.4) is 0 Å². The summed E-state index contributed by atoms with van der Waals surface area (Å²) in [6.07, 6.45) is 2.01. The Hall–Kier alpha value is -3.14. The van der Waals surface area contributed by atoms with Crippen molar-refractivity contribution in [1.82, 2.24) is 4.90 Å². The quantitative estimate of drug-likeness (QED) is 0.815. The number of rotatable bonds is 4. The molecule has 6 nitrogen and oxygen atoms in total. The Morgan fingerprint density at radius 2 is 1.86 bits per heavy atom. The van der Waals surface area contributed by atoms with E-state index in [-0.39, 0.29) is 11.6 Å². The summed E-state index contributed by atoms with van der Waals surface area (Å²) in [6.45, 7) is 6.76. The molecule has 28 heavy (non-hydrogen) atoms. The molecular weight excluding hydrogens is 350 g/mol. The second-order valence-corrected chi connectivity index (χ2v) is 7.15. The highest BCUT2D eigenvalue weighted by Crippen LogP contribution is 2.53. The summed E-state index contributed by atoms with van der Waals surface area (Å²) in [5.41, 5.74) is -0.0724. The number of hydrogen-bond acceptors (Lipinski definition) is 6.